The summed E-state index contributed by atoms with van der Waals surface area (Å²) in [6.07, 6.45) is 10.7. The lowest BCUT2D eigenvalue weighted by Crippen LogP contribution is -2.49. The van der Waals surface area contributed by atoms with Gasteiger partial charge in [-0.1, -0.05) is 19.3 Å². The van der Waals surface area contributed by atoms with E-state index in [2.05, 4.69) is 10.2 Å². The Morgan fingerprint density at radius 3 is 2.16 bits per heavy atom. The van der Waals surface area contributed by atoms with E-state index in [1.165, 1.54) is 44.9 Å². The van der Waals surface area contributed by atoms with Crippen molar-refractivity contribution in [3.8, 4) is 0 Å². The second kappa shape index (κ2) is 8.52. The molecular formula is C20H35N3O2. The van der Waals surface area contributed by atoms with Gasteiger partial charge in [-0.3, -0.25) is 9.59 Å². The lowest BCUT2D eigenvalue weighted by molar-refractivity contribution is -0.131. The zero-order chi connectivity index (χ0) is 17.7. The number of nitrogens with zero attached hydrogens (tertiary/aromatic N) is 2. The molecule has 5 nitrogen and oxygen atoms in total. The lowest BCUT2D eigenvalue weighted by Gasteiger charge is -2.46. The summed E-state index contributed by atoms with van der Waals surface area (Å²) in [6.45, 7) is 7.61. The number of carbonyl (C=O) groups excluding carboxylic acids is 2. The highest BCUT2D eigenvalue weighted by Gasteiger charge is 2.37. The molecule has 0 radical (unpaired) electrons. The third kappa shape index (κ3) is 4.96. The van der Waals surface area contributed by atoms with Crippen LogP contribution in [0.15, 0.2) is 0 Å². The van der Waals surface area contributed by atoms with E-state index in [1.807, 2.05) is 4.90 Å². The summed E-state index contributed by atoms with van der Waals surface area (Å²) in [5, 5.41) is 3.16. The maximum atomic E-state index is 12.2. The number of hydrogen-bond donors (Lipinski definition) is 1. The Hall–Kier alpha value is -1.10. The van der Waals surface area contributed by atoms with Gasteiger partial charge >= 0.3 is 0 Å². The molecule has 1 saturated carbocycles. The monoisotopic (exact) mass is 349 g/mol. The molecule has 2 aliphatic heterocycles. The summed E-state index contributed by atoms with van der Waals surface area (Å²) in [4.78, 5) is 28.2. The molecule has 0 aromatic carbocycles. The second-order valence-corrected chi connectivity index (χ2v) is 8.47. The van der Waals surface area contributed by atoms with Crippen molar-refractivity contribution in [2.45, 2.75) is 64.7 Å². The average molecular weight is 350 g/mol. The van der Waals surface area contributed by atoms with Gasteiger partial charge in [-0.15, -0.1) is 0 Å². The van der Waals surface area contributed by atoms with Crippen molar-refractivity contribution in [3.63, 3.8) is 0 Å². The van der Waals surface area contributed by atoms with E-state index < -0.39 is 0 Å². The van der Waals surface area contributed by atoms with Crippen LogP contribution in [-0.4, -0.2) is 60.9 Å². The lowest BCUT2D eigenvalue weighted by atomic mass is 9.71. The van der Waals surface area contributed by atoms with E-state index in [0.717, 1.165) is 52.1 Å². The molecule has 1 aliphatic carbocycles. The molecule has 3 rings (SSSR count). The van der Waals surface area contributed by atoms with Crippen LogP contribution in [-0.2, 0) is 9.59 Å². The molecule has 2 amide bonds. The van der Waals surface area contributed by atoms with E-state index in [4.69, 9.17) is 0 Å². The zero-order valence-corrected chi connectivity index (χ0v) is 15.9. The topological polar surface area (TPSA) is 52.7 Å². The summed E-state index contributed by atoms with van der Waals surface area (Å²) >= 11 is 0. The quantitative estimate of drug-likeness (QED) is 0.848. The van der Waals surface area contributed by atoms with Crippen molar-refractivity contribution in [2.24, 2.45) is 11.3 Å². The van der Waals surface area contributed by atoms with Crippen LogP contribution in [0, 0.1) is 11.3 Å². The molecule has 1 spiro atoms. The van der Waals surface area contributed by atoms with Crippen LogP contribution in [0.25, 0.3) is 0 Å². The maximum absolute atomic E-state index is 12.2. The fraction of sp³-hybridized carbons (Fsp3) is 0.900. The summed E-state index contributed by atoms with van der Waals surface area (Å²) in [5.74, 6) is 0.774. The Morgan fingerprint density at radius 1 is 0.960 bits per heavy atom. The first-order chi connectivity index (χ1) is 12.1. The van der Waals surface area contributed by atoms with Crippen molar-refractivity contribution in [1.29, 1.82) is 0 Å². The fourth-order valence-corrected chi connectivity index (χ4v) is 4.89. The van der Waals surface area contributed by atoms with E-state index in [1.54, 1.807) is 6.92 Å². The number of amides is 2. The molecule has 2 saturated heterocycles. The first-order valence-corrected chi connectivity index (χ1v) is 10.3. The third-order valence-corrected chi connectivity index (χ3v) is 6.89. The van der Waals surface area contributed by atoms with E-state index >= 15 is 0 Å². The molecule has 3 aliphatic rings. The van der Waals surface area contributed by atoms with Gasteiger partial charge in [0, 0.05) is 39.0 Å². The Balaban J connectivity index is 1.33. The standard InChI is InChI=1S/C20H35N3O2/c1-17(24)23-14-9-20(10-15-23)7-12-22(13-8-20)16-11-21-19(25)18-5-3-2-4-6-18/h18H,2-16H2,1H3,(H,21,25). The van der Waals surface area contributed by atoms with Gasteiger partial charge in [-0.25, -0.2) is 0 Å². The number of hydrogen-bond acceptors (Lipinski definition) is 3. The minimum atomic E-state index is 0.223. The Labute approximate surface area is 152 Å². The molecular weight excluding hydrogens is 314 g/mol. The van der Waals surface area contributed by atoms with Crippen LogP contribution < -0.4 is 5.32 Å². The Kier molecular flexibility index (Phi) is 6.37. The van der Waals surface area contributed by atoms with Gasteiger partial charge in [0.1, 0.15) is 0 Å². The predicted molar refractivity (Wildman–Crippen MR) is 99.2 cm³/mol. The molecule has 5 heteroatoms. The van der Waals surface area contributed by atoms with Gasteiger partial charge in [0.05, 0.1) is 0 Å². The zero-order valence-electron chi connectivity index (χ0n) is 15.9. The largest absolute Gasteiger partial charge is 0.355 e. The van der Waals surface area contributed by atoms with Gasteiger partial charge < -0.3 is 15.1 Å². The van der Waals surface area contributed by atoms with Crippen LogP contribution in [0.5, 0.6) is 0 Å². The number of nitrogens with one attached hydrogen (secondary N) is 1. The number of likely N-dealkylation sites (tertiary alicyclic amines) is 2. The predicted octanol–water partition coefficient (Wildman–Crippen LogP) is 2.41. The normalized spacial score (nSPS) is 25.1. The highest BCUT2D eigenvalue weighted by molar-refractivity contribution is 5.78. The molecule has 2 heterocycles. The first-order valence-electron chi connectivity index (χ1n) is 10.3. The van der Waals surface area contributed by atoms with Gasteiger partial charge in [0.15, 0.2) is 0 Å². The molecule has 0 atom stereocenters. The number of rotatable bonds is 4. The third-order valence-electron chi connectivity index (χ3n) is 6.89. The molecule has 25 heavy (non-hydrogen) atoms. The van der Waals surface area contributed by atoms with Crippen molar-refractivity contribution in [1.82, 2.24) is 15.1 Å². The van der Waals surface area contributed by atoms with Crippen molar-refractivity contribution >= 4 is 11.8 Å². The minimum absolute atomic E-state index is 0.223. The summed E-state index contributed by atoms with van der Waals surface area (Å²) in [7, 11) is 0. The fourth-order valence-electron chi connectivity index (χ4n) is 4.89. The SMILES string of the molecule is CC(=O)N1CCC2(CCN(CCNC(=O)C3CCCCC3)CC2)CC1. The number of piperidine rings is 2. The smallest absolute Gasteiger partial charge is 0.223 e. The van der Waals surface area contributed by atoms with E-state index in [0.29, 0.717) is 5.41 Å². The van der Waals surface area contributed by atoms with Crippen molar-refractivity contribution in [3.05, 3.63) is 0 Å². The molecule has 0 unspecified atom stereocenters. The molecule has 0 bridgehead atoms. The first kappa shape index (κ1) is 18.7. The van der Waals surface area contributed by atoms with Crippen LogP contribution in [0.3, 0.4) is 0 Å². The average Bonchev–Trinajstić information content (AvgIpc) is 2.64. The molecule has 1 N–H and O–H groups in total. The Bertz CT molecular complexity index is 456. The van der Waals surface area contributed by atoms with Crippen molar-refractivity contribution in [2.75, 3.05) is 39.3 Å². The van der Waals surface area contributed by atoms with Crippen LogP contribution in [0.1, 0.15) is 64.7 Å². The highest BCUT2D eigenvalue weighted by atomic mass is 16.2. The second-order valence-electron chi connectivity index (χ2n) is 8.47. The van der Waals surface area contributed by atoms with Gasteiger partial charge in [0.2, 0.25) is 11.8 Å². The molecule has 3 fully saturated rings. The van der Waals surface area contributed by atoms with Gasteiger partial charge in [-0.05, 0) is 57.0 Å². The summed E-state index contributed by atoms with van der Waals surface area (Å²) in [6, 6.07) is 0. The summed E-state index contributed by atoms with van der Waals surface area (Å²) < 4.78 is 0. The highest BCUT2D eigenvalue weighted by Crippen LogP contribution is 2.41. The summed E-state index contributed by atoms with van der Waals surface area (Å²) in [5.41, 5.74) is 0.466. The maximum Gasteiger partial charge on any atom is 0.223 e. The Morgan fingerprint density at radius 2 is 1.56 bits per heavy atom. The molecule has 0 aromatic heterocycles. The van der Waals surface area contributed by atoms with Gasteiger partial charge in [0.25, 0.3) is 0 Å². The number of carbonyl (C=O) groups is 2. The van der Waals surface area contributed by atoms with Crippen LogP contribution >= 0.6 is 0 Å². The molecule has 142 valence electrons. The van der Waals surface area contributed by atoms with Gasteiger partial charge in [-0.2, -0.15) is 0 Å². The molecule has 0 aromatic rings. The van der Waals surface area contributed by atoms with Crippen molar-refractivity contribution < 1.29 is 9.59 Å². The van der Waals surface area contributed by atoms with E-state index in [-0.39, 0.29) is 17.7 Å². The van der Waals surface area contributed by atoms with E-state index in [9.17, 15) is 9.59 Å². The van der Waals surface area contributed by atoms with Crippen LogP contribution in [0.4, 0.5) is 0 Å². The minimum Gasteiger partial charge on any atom is -0.355 e. The van der Waals surface area contributed by atoms with Crippen LogP contribution in [0.2, 0.25) is 0 Å².